The van der Waals surface area contributed by atoms with E-state index in [9.17, 15) is 0 Å². The third kappa shape index (κ3) is 1.42. The molecule has 0 aliphatic heterocycles. The minimum absolute atomic E-state index is 0.886. The monoisotopic (exact) mass is 193 g/mol. The van der Waals surface area contributed by atoms with Crippen molar-refractivity contribution >= 4 is 11.0 Å². The van der Waals surface area contributed by atoms with Gasteiger partial charge < -0.3 is 4.42 Å². The van der Waals surface area contributed by atoms with Gasteiger partial charge in [0, 0.05) is 10.9 Å². The van der Waals surface area contributed by atoms with E-state index < -0.39 is 0 Å². The van der Waals surface area contributed by atoms with Crippen molar-refractivity contribution in [2.45, 2.75) is 0 Å². The van der Waals surface area contributed by atoms with Crippen LogP contribution in [0, 0.1) is 6.07 Å². The molecule has 1 aromatic heterocycles. The maximum atomic E-state index is 5.72. The number of hydrogen-bond donors (Lipinski definition) is 0. The van der Waals surface area contributed by atoms with Gasteiger partial charge in [-0.15, -0.1) is 0 Å². The standard InChI is InChI=1S/C14H9O/c1-2-6-11(7-3-1)14-10-12-8-4-5-9-13(12)15-14/h1-4,6-10H. The van der Waals surface area contributed by atoms with Gasteiger partial charge in [-0.2, -0.15) is 0 Å². The lowest BCUT2D eigenvalue weighted by molar-refractivity contribution is 0.631. The third-order valence-corrected chi connectivity index (χ3v) is 2.42. The van der Waals surface area contributed by atoms with E-state index in [2.05, 4.69) is 12.1 Å². The molecule has 2 aromatic carbocycles. The van der Waals surface area contributed by atoms with Crippen molar-refractivity contribution in [2.24, 2.45) is 0 Å². The molecule has 0 atom stereocenters. The lowest BCUT2D eigenvalue weighted by Gasteiger charge is -1.93. The average Bonchev–Trinajstić information content (AvgIpc) is 2.74. The number of fused-ring (bicyclic) bond motifs is 1. The van der Waals surface area contributed by atoms with Crippen LogP contribution in [0.5, 0.6) is 0 Å². The maximum absolute atomic E-state index is 5.72. The highest BCUT2D eigenvalue weighted by atomic mass is 16.3. The summed E-state index contributed by atoms with van der Waals surface area (Å²) in [7, 11) is 0. The highest BCUT2D eigenvalue weighted by Crippen LogP contribution is 2.26. The summed E-state index contributed by atoms with van der Waals surface area (Å²) in [4.78, 5) is 0. The molecule has 1 nitrogen and oxygen atoms in total. The molecule has 3 aromatic rings. The second-order valence-corrected chi connectivity index (χ2v) is 3.44. The third-order valence-electron chi connectivity index (χ3n) is 2.42. The van der Waals surface area contributed by atoms with Crippen LogP contribution in [0.1, 0.15) is 0 Å². The van der Waals surface area contributed by atoms with Gasteiger partial charge in [0.2, 0.25) is 0 Å². The Kier molecular flexibility index (Phi) is 1.82. The molecular weight excluding hydrogens is 184 g/mol. The molecule has 1 radical (unpaired) electrons. The molecule has 71 valence electrons. The molecule has 0 fully saturated rings. The fraction of sp³-hybridized carbons (Fsp3) is 0. The van der Waals surface area contributed by atoms with Gasteiger partial charge in [0.1, 0.15) is 11.3 Å². The van der Waals surface area contributed by atoms with Gasteiger partial charge in [-0.1, -0.05) is 42.5 Å². The molecule has 15 heavy (non-hydrogen) atoms. The predicted octanol–water partition coefficient (Wildman–Crippen LogP) is 3.90. The molecule has 0 amide bonds. The van der Waals surface area contributed by atoms with Crippen LogP contribution < -0.4 is 0 Å². The molecule has 1 heterocycles. The molecule has 1 heteroatoms. The van der Waals surface area contributed by atoms with Crippen LogP contribution in [0.2, 0.25) is 0 Å². The summed E-state index contributed by atoms with van der Waals surface area (Å²) < 4.78 is 5.72. The van der Waals surface area contributed by atoms with Gasteiger partial charge in [-0.3, -0.25) is 0 Å². The first kappa shape index (κ1) is 8.30. The van der Waals surface area contributed by atoms with Crippen LogP contribution in [-0.4, -0.2) is 0 Å². The van der Waals surface area contributed by atoms with Crippen LogP contribution in [0.15, 0.2) is 59.0 Å². The number of furan rings is 1. The summed E-state index contributed by atoms with van der Waals surface area (Å²) in [6.07, 6.45) is 0. The van der Waals surface area contributed by atoms with E-state index in [0.29, 0.717) is 0 Å². The van der Waals surface area contributed by atoms with E-state index in [1.807, 2.05) is 48.5 Å². The van der Waals surface area contributed by atoms with E-state index in [1.54, 1.807) is 0 Å². The normalized spacial score (nSPS) is 10.7. The summed E-state index contributed by atoms with van der Waals surface area (Å²) in [6.45, 7) is 0. The van der Waals surface area contributed by atoms with Crippen molar-refractivity contribution in [3.8, 4) is 11.3 Å². The Bertz CT molecular complexity index is 545. The van der Waals surface area contributed by atoms with Gasteiger partial charge in [0.05, 0.1) is 0 Å². The summed E-state index contributed by atoms with van der Waals surface area (Å²) in [6, 6.07) is 20.9. The quantitative estimate of drug-likeness (QED) is 0.571. The predicted molar refractivity (Wildman–Crippen MR) is 60.5 cm³/mol. The minimum Gasteiger partial charge on any atom is -0.456 e. The Hall–Kier alpha value is -2.02. The highest BCUT2D eigenvalue weighted by Gasteiger charge is 2.03. The fourth-order valence-corrected chi connectivity index (χ4v) is 1.67. The van der Waals surface area contributed by atoms with Crippen molar-refractivity contribution in [1.29, 1.82) is 0 Å². The molecule has 0 N–H and O–H groups in total. The zero-order chi connectivity index (χ0) is 10.1. The molecule has 0 unspecified atom stereocenters. The molecule has 3 rings (SSSR count). The second kappa shape index (κ2) is 3.28. The lowest BCUT2D eigenvalue weighted by Crippen LogP contribution is -1.69. The Morgan fingerprint density at radius 1 is 1.00 bits per heavy atom. The molecular formula is C14H9O. The maximum Gasteiger partial charge on any atom is 0.135 e. The summed E-state index contributed by atoms with van der Waals surface area (Å²) in [5, 5.41) is 1.12. The van der Waals surface area contributed by atoms with E-state index in [1.165, 1.54) is 0 Å². The Morgan fingerprint density at radius 3 is 2.67 bits per heavy atom. The van der Waals surface area contributed by atoms with Gasteiger partial charge in [-0.25, -0.2) is 0 Å². The van der Waals surface area contributed by atoms with Gasteiger partial charge >= 0.3 is 0 Å². The van der Waals surface area contributed by atoms with Gasteiger partial charge in [0.15, 0.2) is 0 Å². The highest BCUT2D eigenvalue weighted by molar-refractivity contribution is 5.82. The Labute approximate surface area is 88.0 Å². The van der Waals surface area contributed by atoms with Crippen molar-refractivity contribution in [1.82, 2.24) is 0 Å². The summed E-state index contributed by atoms with van der Waals surface area (Å²) >= 11 is 0. The van der Waals surface area contributed by atoms with Crippen LogP contribution >= 0.6 is 0 Å². The topological polar surface area (TPSA) is 13.1 Å². The lowest BCUT2D eigenvalue weighted by atomic mass is 10.1. The number of rotatable bonds is 1. The van der Waals surface area contributed by atoms with E-state index in [4.69, 9.17) is 4.42 Å². The Balaban J connectivity index is 2.21. The van der Waals surface area contributed by atoms with E-state index >= 15 is 0 Å². The van der Waals surface area contributed by atoms with Crippen molar-refractivity contribution in [2.75, 3.05) is 0 Å². The van der Waals surface area contributed by atoms with Crippen molar-refractivity contribution in [3.05, 3.63) is 60.7 Å². The van der Waals surface area contributed by atoms with Crippen LogP contribution in [0.25, 0.3) is 22.3 Å². The summed E-state index contributed by atoms with van der Waals surface area (Å²) in [5.74, 6) is 0.908. The average molecular weight is 193 g/mol. The van der Waals surface area contributed by atoms with Crippen LogP contribution in [-0.2, 0) is 0 Å². The number of benzene rings is 2. The molecule has 0 aliphatic rings. The van der Waals surface area contributed by atoms with Crippen LogP contribution in [0.3, 0.4) is 0 Å². The Morgan fingerprint density at radius 2 is 1.87 bits per heavy atom. The zero-order valence-corrected chi connectivity index (χ0v) is 8.10. The first-order valence-electron chi connectivity index (χ1n) is 4.88. The van der Waals surface area contributed by atoms with Crippen molar-refractivity contribution < 1.29 is 4.42 Å². The van der Waals surface area contributed by atoms with Crippen molar-refractivity contribution in [3.63, 3.8) is 0 Å². The number of hydrogen-bond acceptors (Lipinski definition) is 1. The smallest absolute Gasteiger partial charge is 0.135 e. The first-order chi connectivity index (χ1) is 7.43. The zero-order valence-electron chi connectivity index (χ0n) is 8.10. The van der Waals surface area contributed by atoms with Gasteiger partial charge in [0.25, 0.3) is 0 Å². The molecule has 0 spiro atoms. The molecule has 0 saturated carbocycles. The summed E-state index contributed by atoms with van der Waals surface area (Å²) in [5.41, 5.74) is 1.99. The van der Waals surface area contributed by atoms with E-state index in [-0.39, 0.29) is 0 Å². The minimum atomic E-state index is 0.886. The molecule has 0 bridgehead atoms. The van der Waals surface area contributed by atoms with Crippen LogP contribution in [0.4, 0.5) is 0 Å². The second-order valence-electron chi connectivity index (χ2n) is 3.44. The fourth-order valence-electron chi connectivity index (χ4n) is 1.67. The first-order valence-corrected chi connectivity index (χ1v) is 4.88. The molecule has 0 saturated heterocycles. The van der Waals surface area contributed by atoms with E-state index in [0.717, 1.165) is 22.3 Å². The van der Waals surface area contributed by atoms with Gasteiger partial charge in [-0.05, 0) is 18.2 Å². The SMILES string of the molecule is [c]1ccc2cc(-c3ccccc3)oc2c1. The largest absolute Gasteiger partial charge is 0.456 e. The molecule has 0 aliphatic carbocycles.